The van der Waals surface area contributed by atoms with Gasteiger partial charge in [0.05, 0.1) is 20.9 Å². The highest BCUT2D eigenvalue weighted by Gasteiger charge is 2.20. The molecule has 4 aromatic rings. The predicted octanol–water partition coefficient (Wildman–Crippen LogP) is 6.26. The average Bonchev–Trinajstić information content (AvgIpc) is 2.85. The molecule has 6 nitrogen and oxygen atoms in total. The summed E-state index contributed by atoms with van der Waals surface area (Å²) in [5, 5.41) is 0.937. The van der Waals surface area contributed by atoms with E-state index in [0.29, 0.717) is 10.0 Å². The van der Waals surface area contributed by atoms with Crippen molar-refractivity contribution in [2.24, 2.45) is 0 Å². The van der Waals surface area contributed by atoms with E-state index in [4.69, 9.17) is 32.7 Å². The number of esters is 2. The van der Waals surface area contributed by atoms with Crippen LogP contribution in [0.5, 0.6) is 11.5 Å². The van der Waals surface area contributed by atoms with Crippen molar-refractivity contribution < 1.29 is 27.5 Å². The molecule has 176 valence electrons. The summed E-state index contributed by atoms with van der Waals surface area (Å²) in [6.45, 7) is 0. The van der Waals surface area contributed by atoms with Gasteiger partial charge in [0.2, 0.25) is 9.84 Å². The van der Waals surface area contributed by atoms with Crippen molar-refractivity contribution in [3.8, 4) is 11.5 Å². The first-order chi connectivity index (χ1) is 16.7. The standard InChI is InChI=1S/C26H16Cl2O6S/c27-19-11-7-17(8-12-19)25(29)33-21-3-1-5-23(15-21)35(31,32)24-6-2-4-22(16-24)34-26(30)18-9-13-20(28)14-10-18/h1-16H. The Balaban J connectivity index is 1.54. The Bertz CT molecular complexity index is 1390. The van der Waals surface area contributed by atoms with Crippen molar-refractivity contribution in [3.05, 3.63) is 118 Å². The smallest absolute Gasteiger partial charge is 0.343 e. The van der Waals surface area contributed by atoms with E-state index < -0.39 is 21.8 Å². The Morgan fingerprint density at radius 2 is 0.943 bits per heavy atom. The van der Waals surface area contributed by atoms with Crippen molar-refractivity contribution in [2.75, 3.05) is 0 Å². The fourth-order valence-electron chi connectivity index (χ4n) is 3.05. The van der Waals surface area contributed by atoms with Crippen LogP contribution in [0.4, 0.5) is 0 Å². The molecule has 0 bridgehead atoms. The van der Waals surface area contributed by atoms with E-state index in [-0.39, 0.29) is 32.4 Å². The molecule has 0 heterocycles. The Morgan fingerprint density at radius 1 is 0.571 bits per heavy atom. The van der Waals surface area contributed by atoms with Gasteiger partial charge in [-0.15, -0.1) is 0 Å². The highest BCUT2D eigenvalue weighted by molar-refractivity contribution is 7.91. The molecule has 0 aliphatic heterocycles. The number of ether oxygens (including phenoxy) is 2. The molecule has 9 heteroatoms. The summed E-state index contributed by atoms with van der Waals surface area (Å²) in [6, 6.07) is 23.3. The first-order valence-electron chi connectivity index (χ1n) is 10.1. The van der Waals surface area contributed by atoms with Crippen molar-refractivity contribution in [1.82, 2.24) is 0 Å². The van der Waals surface area contributed by atoms with Crippen LogP contribution < -0.4 is 9.47 Å². The second-order valence-corrected chi connectivity index (χ2v) is 10.1. The Hall–Kier alpha value is -3.65. The molecule has 0 saturated heterocycles. The minimum atomic E-state index is -4.01. The fraction of sp³-hybridized carbons (Fsp3) is 0. The molecule has 0 saturated carbocycles. The minimum absolute atomic E-state index is 0.0522. The monoisotopic (exact) mass is 526 g/mol. The lowest BCUT2D eigenvalue weighted by Crippen LogP contribution is -2.10. The van der Waals surface area contributed by atoms with Gasteiger partial charge >= 0.3 is 11.9 Å². The van der Waals surface area contributed by atoms with E-state index in [9.17, 15) is 18.0 Å². The van der Waals surface area contributed by atoms with Crippen LogP contribution in [0.25, 0.3) is 0 Å². The highest BCUT2D eigenvalue weighted by atomic mass is 35.5. The first kappa shape index (κ1) is 24.5. The van der Waals surface area contributed by atoms with Gasteiger partial charge in [-0.2, -0.15) is 0 Å². The maximum absolute atomic E-state index is 13.2. The lowest BCUT2D eigenvalue weighted by molar-refractivity contribution is 0.0725. The van der Waals surface area contributed by atoms with Crippen LogP contribution in [0.1, 0.15) is 20.7 Å². The van der Waals surface area contributed by atoms with E-state index in [1.165, 1.54) is 72.8 Å². The fourth-order valence-corrected chi connectivity index (χ4v) is 4.63. The van der Waals surface area contributed by atoms with Crippen molar-refractivity contribution in [2.45, 2.75) is 9.79 Å². The van der Waals surface area contributed by atoms with Gasteiger partial charge in [-0.25, -0.2) is 18.0 Å². The number of hydrogen-bond acceptors (Lipinski definition) is 6. The molecule has 0 aromatic heterocycles. The van der Waals surface area contributed by atoms with Gasteiger partial charge in [0.1, 0.15) is 11.5 Å². The van der Waals surface area contributed by atoms with Gasteiger partial charge in [0, 0.05) is 10.0 Å². The molecule has 0 aliphatic carbocycles. The number of carbonyl (C=O) groups excluding carboxylic acids is 2. The van der Waals surface area contributed by atoms with Crippen LogP contribution in [0.3, 0.4) is 0 Å². The van der Waals surface area contributed by atoms with Crippen LogP contribution >= 0.6 is 23.2 Å². The number of benzene rings is 4. The highest BCUT2D eigenvalue weighted by Crippen LogP contribution is 2.27. The molecule has 0 spiro atoms. The molecular formula is C26H16Cl2O6S. The van der Waals surface area contributed by atoms with Gasteiger partial charge in [0.15, 0.2) is 0 Å². The zero-order chi connectivity index (χ0) is 25.0. The average molecular weight is 527 g/mol. The number of rotatable bonds is 6. The van der Waals surface area contributed by atoms with Gasteiger partial charge < -0.3 is 9.47 Å². The molecule has 0 unspecified atom stereocenters. The van der Waals surface area contributed by atoms with Gasteiger partial charge in [-0.3, -0.25) is 0 Å². The van der Waals surface area contributed by atoms with Gasteiger partial charge in [-0.05, 0) is 84.9 Å². The van der Waals surface area contributed by atoms with Gasteiger partial charge in [-0.1, -0.05) is 35.3 Å². The summed E-state index contributed by atoms with van der Waals surface area (Å²) in [7, 11) is -4.01. The second-order valence-electron chi connectivity index (χ2n) is 7.25. The summed E-state index contributed by atoms with van der Waals surface area (Å²) in [4.78, 5) is 24.5. The van der Waals surface area contributed by atoms with Crippen LogP contribution in [0.2, 0.25) is 10.0 Å². The second kappa shape index (κ2) is 10.3. The summed E-state index contributed by atoms with van der Waals surface area (Å²) in [5.74, 6) is -1.22. The SMILES string of the molecule is O=C(Oc1cccc(S(=O)(=O)c2cccc(OC(=O)c3ccc(Cl)cc3)c2)c1)c1ccc(Cl)cc1. The summed E-state index contributed by atoms with van der Waals surface area (Å²) in [5.41, 5.74) is 0.524. The maximum Gasteiger partial charge on any atom is 0.343 e. The number of halogens is 2. The van der Waals surface area contributed by atoms with Crippen LogP contribution in [-0.4, -0.2) is 20.4 Å². The molecule has 35 heavy (non-hydrogen) atoms. The molecule has 4 aromatic carbocycles. The molecular weight excluding hydrogens is 511 g/mol. The molecule has 0 radical (unpaired) electrons. The molecule has 0 amide bonds. The Morgan fingerprint density at radius 3 is 1.31 bits per heavy atom. The minimum Gasteiger partial charge on any atom is -0.423 e. The zero-order valence-electron chi connectivity index (χ0n) is 17.9. The van der Waals surface area contributed by atoms with Crippen LogP contribution in [0.15, 0.2) is 107 Å². The third-order valence-electron chi connectivity index (χ3n) is 4.81. The topological polar surface area (TPSA) is 86.7 Å². The lowest BCUT2D eigenvalue weighted by Gasteiger charge is -2.10. The maximum atomic E-state index is 13.2. The summed E-state index contributed by atoms with van der Waals surface area (Å²) < 4.78 is 37.1. The third-order valence-corrected chi connectivity index (χ3v) is 7.07. The van der Waals surface area contributed by atoms with E-state index >= 15 is 0 Å². The summed E-state index contributed by atoms with van der Waals surface area (Å²) >= 11 is 11.7. The molecule has 0 aliphatic rings. The first-order valence-corrected chi connectivity index (χ1v) is 12.4. The van der Waals surface area contributed by atoms with Crippen molar-refractivity contribution in [1.29, 1.82) is 0 Å². The van der Waals surface area contributed by atoms with Crippen molar-refractivity contribution >= 4 is 45.0 Å². The normalized spacial score (nSPS) is 11.0. The summed E-state index contributed by atoms with van der Waals surface area (Å²) in [6.07, 6.45) is 0. The van der Waals surface area contributed by atoms with Gasteiger partial charge in [0.25, 0.3) is 0 Å². The Kier molecular flexibility index (Phi) is 7.21. The van der Waals surface area contributed by atoms with E-state index in [2.05, 4.69) is 0 Å². The molecule has 4 rings (SSSR count). The predicted molar refractivity (Wildman–Crippen MR) is 131 cm³/mol. The molecule has 0 fully saturated rings. The van der Waals surface area contributed by atoms with E-state index in [0.717, 1.165) is 0 Å². The number of carbonyl (C=O) groups is 2. The van der Waals surface area contributed by atoms with Crippen LogP contribution in [0, 0.1) is 0 Å². The quantitative estimate of drug-likeness (QED) is 0.217. The third kappa shape index (κ3) is 5.89. The number of hydrogen-bond donors (Lipinski definition) is 0. The lowest BCUT2D eigenvalue weighted by atomic mass is 10.2. The molecule has 0 atom stereocenters. The molecule has 0 N–H and O–H groups in total. The number of sulfone groups is 1. The zero-order valence-corrected chi connectivity index (χ0v) is 20.2. The Labute approximate surface area is 211 Å². The van der Waals surface area contributed by atoms with Crippen molar-refractivity contribution in [3.63, 3.8) is 0 Å². The largest absolute Gasteiger partial charge is 0.423 e. The van der Waals surface area contributed by atoms with Crippen LogP contribution in [-0.2, 0) is 9.84 Å². The van der Waals surface area contributed by atoms with E-state index in [1.807, 2.05) is 0 Å². The van der Waals surface area contributed by atoms with E-state index in [1.54, 1.807) is 24.3 Å².